The molecule has 0 radical (unpaired) electrons. The van der Waals surface area contributed by atoms with E-state index in [0.717, 1.165) is 184 Å². The van der Waals surface area contributed by atoms with Gasteiger partial charge in [-0.1, -0.05) is 443 Å². The van der Waals surface area contributed by atoms with Crippen LogP contribution in [0.4, 0.5) is 0 Å². The van der Waals surface area contributed by atoms with Crippen LogP contribution in [0.1, 0.15) is 0 Å². The van der Waals surface area contributed by atoms with Crippen LogP contribution in [-0.2, 0) is 0 Å². The number of hydrogen-bond donors (Lipinski definition) is 0. The number of para-hydroxylation sites is 3. The molecule has 19 aromatic carbocycles. The number of rotatable bonds is 16. The average molecular weight is 1910 g/mol. The van der Waals surface area contributed by atoms with Gasteiger partial charge in [0.1, 0.15) is 0 Å². The lowest BCUT2D eigenvalue weighted by molar-refractivity contribution is 1.18. The zero-order chi connectivity index (χ0) is 99.6. The molecule has 0 aliphatic heterocycles. The lowest BCUT2D eigenvalue weighted by Crippen LogP contribution is -1.97. The smallest absolute Gasteiger partial charge is 0.160 e. The summed E-state index contributed by atoms with van der Waals surface area (Å²) in [5.74, 6) is 2.01. The molecule has 28 rings (SSSR count). The summed E-state index contributed by atoms with van der Waals surface area (Å²) in [4.78, 5) is 60.9. The second kappa shape index (κ2) is 39.8. The minimum absolute atomic E-state index is 0.661. The number of pyridine rings is 6. The Balaban J connectivity index is 0.000000114. The Morgan fingerprint density at radius 2 is 0.313 bits per heavy atom. The maximum atomic E-state index is 5.22. The maximum absolute atomic E-state index is 5.22. The number of hydrogen-bond acceptors (Lipinski definition) is 12. The largest absolute Gasteiger partial charge is 0.255 e. The molecule has 150 heavy (non-hydrogen) atoms. The Morgan fingerprint density at radius 1 is 0.113 bits per heavy atom. The molecule has 700 valence electrons. The Labute approximate surface area is 865 Å². The summed E-state index contributed by atoms with van der Waals surface area (Å²) in [6, 6.07) is 179. The topological polar surface area (TPSA) is 155 Å². The van der Waals surface area contributed by atoms with Crippen LogP contribution in [0.3, 0.4) is 0 Å². The first-order valence-corrected chi connectivity index (χ1v) is 50.2. The molecule has 0 bridgehead atoms. The normalized spacial score (nSPS) is 11.3. The van der Waals surface area contributed by atoms with Gasteiger partial charge in [-0.05, 0) is 150 Å². The predicted octanol–water partition coefficient (Wildman–Crippen LogP) is 34.9. The molecule has 0 fully saturated rings. The highest BCUT2D eigenvalue weighted by Crippen LogP contribution is 2.45. The van der Waals surface area contributed by atoms with Crippen molar-refractivity contribution in [3.8, 4) is 180 Å². The maximum Gasteiger partial charge on any atom is 0.160 e. The Hall–Kier alpha value is -20.3. The van der Waals surface area contributed by atoms with Crippen LogP contribution in [0.15, 0.2) is 534 Å². The van der Waals surface area contributed by atoms with Gasteiger partial charge in [0.15, 0.2) is 17.5 Å². The molecule has 0 spiro atoms. The van der Waals surface area contributed by atoms with Gasteiger partial charge in [0, 0.05) is 117 Å². The van der Waals surface area contributed by atoms with Crippen molar-refractivity contribution in [3.05, 3.63) is 534 Å². The summed E-state index contributed by atoms with van der Waals surface area (Å²) in [6.07, 6.45) is 5.57. The van der Waals surface area contributed by atoms with Gasteiger partial charge in [0.25, 0.3) is 0 Å². The van der Waals surface area contributed by atoms with Crippen LogP contribution in [0.5, 0.6) is 0 Å². The molecular weight excluding hydrogens is 1830 g/mol. The molecule has 9 aromatic heterocycles. The summed E-state index contributed by atoms with van der Waals surface area (Å²) >= 11 is 0. The van der Waals surface area contributed by atoms with Crippen molar-refractivity contribution >= 4 is 97.3 Å². The molecule has 0 atom stereocenters. The first-order chi connectivity index (χ1) is 74.3. The minimum Gasteiger partial charge on any atom is -0.255 e. The summed E-state index contributed by atoms with van der Waals surface area (Å²) in [5.41, 5.74) is 30.9. The fraction of sp³-hybridized carbons (Fsp3) is 0. The first-order valence-electron chi connectivity index (χ1n) is 50.2. The molecule has 28 aromatic rings. The molecule has 0 aliphatic rings. The fourth-order valence-electron chi connectivity index (χ4n) is 20.5. The molecule has 0 amide bonds. The summed E-state index contributed by atoms with van der Waals surface area (Å²) < 4.78 is 0. The van der Waals surface area contributed by atoms with Gasteiger partial charge in [-0.3, -0.25) is 15.0 Å². The van der Waals surface area contributed by atoms with Gasteiger partial charge in [-0.2, -0.15) is 0 Å². The number of fused-ring (bicyclic) bond motifs is 15. The fourth-order valence-corrected chi connectivity index (χ4v) is 20.5. The van der Waals surface area contributed by atoms with Crippen molar-refractivity contribution in [2.24, 2.45) is 0 Å². The molecule has 12 nitrogen and oxygen atoms in total. The standard InChI is InChI=1S/C50H32N4.2C44H28N4/c1-3-11-33(12-4-1)35-19-23-38(24-20-35)45-32-46(54-50(53-45)39-25-21-36(22-26-39)34-13-5-2-6-14-34)40-29-30-51-47(31-40)49-43-28-27-37-15-7-8-16-41(37)48(43)42-17-9-10-18-44(42)52-49;1-3-11-29(12-4-1)30-19-21-32(22-20-30)39-28-40(48-44(47-39)33-14-5-2-6-15-33)34-25-26-45-41(27-34)43-37-24-23-31-13-7-8-16-35(31)42(37)36-17-9-10-18-38(36)46-43;1-3-11-29(12-4-1)30-19-21-33(22-20-30)44-47-39(32-14-5-2-6-15-32)28-40(48-44)34-25-26-45-41(27-34)43-37-24-23-31-13-7-8-16-35(31)42(37)36-17-9-10-18-38(36)46-43/h1-32H;2*1-28H. The van der Waals surface area contributed by atoms with E-state index in [4.69, 9.17) is 59.8 Å². The van der Waals surface area contributed by atoms with Gasteiger partial charge in [0.05, 0.1) is 84.9 Å². The van der Waals surface area contributed by atoms with Crippen molar-refractivity contribution < 1.29 is 0 Å². The third-order valence-electron chi connectivity index (χ3n) is 28.0. The van der Waals surface area contributed by atoms with Crippen LogP contribution < -0.4 is 0 Å². The van der Waals surface area contributed by atoms with E-state index in [2.05, 4.69) is 419 Å². The Kier molecular flexibility index (Phi) is 23.8. The number of nitrogens with zero attached hydrogens (tertiary/aromatic N) is 12. The van der Waals surface area contributed by atoms with Crippen LogP contribution in [0.2, 0.25) is 0 Å². The van der Waals surface area contributed by atoms with E-state index in [9.17, 15) is 0 Å². The Morgan fingerprint density at radius 3 is 0.593 bits per heavy atom. The predicted molar refractivity (Wildman–Crippen MR) is 617 cm³/mol. The second-order valence-electron chi connectivity index (χ2n) is 37.2. The highest BCUT2D eigenvalue weighted by Gasteiger charge is 2.24. The van der Waals surface area contributed by atoms with E-state index >= 15 is 0 Å². The summed E-state index contributed by atoms with van der Waals surface area (Å²) in [7, 11) is 0. The lowest BCUT2D eigenvalue weighted by atomic mass is 9.96. The number of aromatic nitrogens is 12. The van der Waals surface area contributed by atoms with E-state index in [1.165, 1.54) is 76.3 Å². The molecule has 0 aliphatic carbocycles. The van der Waals surface area contributed by atoms with E-state index < -0.39 is 0 Å². The van der Waals surface area contributed by atoms with Crippen LogP contribution >= 0.6 is 0 Å². The second-order valence-corrected chi connectivity index (χ2v) is 37.2. The van der Waals surface area contributed by atoms with Crippen LogP contribution in [0, 0.1) is 0 Å². The van der Waals surface area contributed by atoms with Crippen molar-refractivity contribution in [3.63, 3.8) is 0 Å². The summed E-state index contributed by atoms with van der Waals surface area (Å²) in [6.45, 7) is 0. The SMILES string of the molecule is c1ccc(-c2ccc(-c3cc(-c4ccnc(-c5nc6ccccc6c6c5ccc5ccccc56)c4)nc(-c4ccc(-c5ccccc5)cc4)n3)cc2)cc1.c1ccc(-c2ccc(-c3cc(-c4ccnc(-c5nc6ccccc6c6c5ccc5ccccc56)c4)nc(-c4ccccc4)n3)cc2)cc1.c1ccc(-c2ccc(-c3nc(-c4ccccc4)cc(-c4ccnc(-c5nc6ccccc6c6c5ccc5ccccc56)c4)n3)cc2)cc1. The third kappa shape index (κ3) is 17.9. The van der Waals surface area contributed by atoms with E-state index in [1.807, 2.05) is 116 Å². The van der Waals surface area contributed by atoms with Crippen LogP contribution in [0.25, 0.3) is 278 Å². The van der Waals surface area contributed by atoms with Gasteiger partial charge in [-0.25, -0.2) is 44.9 Å². The van der Waals surface area contributed by atoms with Crippen LogP contribution in [-0.4, -0.2) is 59.8 Å². The van der Waals surface area contributed by atoms with Crippen molar-refractivity contribution in [2.45, 2.75) is 0 Å². The van der Waals surface area contributed by atoms with Crippen molar-refractivity contribution in [1.82, 2.24) is 59.8 Å². The third-order valence-corrected chi connectivity index (χ3v) is 28.0. The van der Waals surface area contributed by atoms with Gasteiger partial charge >= 0.3 is 0 Å². The first kappa shape index (κ1) is 89.7. The Bertz CT molecular complexity index is 9450. The van der Waals surface area contributed by atoms with E-state index in [0.29, 0.717) is 17.5 Å². The molecule has 0 N–H and O–H groups in total. The van der Waals surface area contributed by atoms with Crippen molar-refractivity contribution in [2.75, 3.05) is 0 Å². The molecule has 0 unspecified atom stereocenters. The van der Waals surface area contributed by atoms with E-state index in [-0.39, 0.29) is 0 Å². The van der Waals surface area contributed by atoms with Gasteiger partial charge in [-0.15, -0.1) is 0 Å². The minimum atomic E-state index is 0.661. The molecule has 0 saturated heterocycles. The van der Waals surface area contributed by atoms with E-state index in [1.54, 1.807) is 0 Å². The van der Waals surface area contributed by atoms with Gasteiger partial charge < -0.3 is 0 Å². The van der Waals surface area contributed by atoms with Gasteiger partial charge in [0.2, 0.25) is 0 Å². The zero-order valence-corrected chi connectivity index (χ0v) is 81.2. The lowest BCUT2D eigenvalue weighted by Gasteiger charge is -2.13. The molecular formula is C138H88N12. The molecule has 12 heteroatoms. The number of benzene rings is 19. The highest BCUT2D eigenvalue weighted by atomic mass is 14.9. The quantitative estimate of drug-likeness (QED) is 0.0846. The average Bonchev–Trinajstić information content (AvgIpc) is 0.743. The monoisotopic (exact) mass is 1910 g/mol. The highest BCUT2D eigenvalue weighted by molar-refractivity contribution is 6.25. The van der Waals surface area contributed by atoms with Crippen molar-refractivity contribution in [1.29, 1.82) is 0 Å². The molecule has 0 saturated carbocycles. The molecule has 9 heterocycles. The zero-order valence-electron chi connectivity index (χ0n) is 81.2. The summed E-state index contributed by atoms with van der Waals surface area (Å²) in [5, 5.41) is 17.4.